The number of aromatic nitrogens is 1. The van der Waals surface area contributed by atoms with Gasteiger partial charge in [-0.2, -0.15) is 0 Å². The Hall–Kier alpha value is -3.28. The van der Waals surface area contributed by atoms with Crippen LogP contribution in [0, 0.1) is 5.41 Å². The minimum absolute atomic E-state index is 0.124. The Labute approximate surface area is 201 Å². The number of nitrogens with one attached hydrogen (secondary N) is 3. The van der Waals surface area contributed by atoms with Crippen molar-refractivity contribution in [1.29, 1.82) is 5.41 Å². The van der Waals surface area contributed by atoms with E-state index in [0.717, 1.165) is 18.2 Å². The maximum Gasteiger partial charge on any atom is 0.307 e. The first-order valence-electron chi connectivity index (χ1n) is 10.2. The van der Waals surface area contributed by atoms with E-state index < -0.39 is 11.9 Å². The minimum atomic E-state index is -0.576. The number of carbonyl (C=O) groups is 2. The predicted molar refractivity (Wildman–Crippen MR) is 128 cm³/mol. The molecule has 10 nitrogen and oxygen atoms in total. The average Bonchev–Trinajstić information content (AvgIpc) is 2.82. The van der Waals surface area contributed by atoms with Gasteiger partial charge in [-0.05, 0) is 33.5 Å². The standard InChI is InChI=1S/C22H28BrN7O3/c1-3-14-4-6-15(7-5-14)19(10-24)29-22(32)18(25)13-30(26)9-8-28-21(31)16-11-27-12-17(23)20(16)33-2/h4-7,10-13,19,24H,3,8-9,25-26H2,1-2H3,(H,28,31)(H,29,32)/p+1/b18-13-,24-10?. The Morgan fingerprint density at radius 2 is 2.03 bits per heavy atom. The molecule has 0 aliphatic carbocycles. The van der Waals surface area contributed by atoms with E-state index in [1.165, 1.54) is 36.3 Å². The molecule has 2 aromatic rings. The van der Waals surface area contributed by atoms with E-state index in [0.29, 0.717) is 10.2 Å². The van der Waals surface area contributed by atoms with E-state index in [2.05, 4.69) is 44.2 Å². The molecule has 0 spiro atoms. The number of benzene rings is 1. The molecule has 1 aromatic heterocycles. The van der Waals surface area contributed by atoms with Crippen LogP contribution in [-0.4, -0.2) is 48.2 Å². The lowest BCUT2D eigenvalue weighted by Crippen LogP contribution is -2.56. The van der Waals surface area contributed by atoms with Gasteiger partial charge in [0, 0.05) is 25.2 Å². The molecule has 0 radical (unpaired) electrons. The van der Waals surface area contributed by atoms with Crippen molar-refractivity contribution in [2.75, 3.05) is 20.2 Å². The highest BCUT2D eigenvalue weighted by molar-refractivity contribution is 9.10. The number of rotatable bonds is 11. The molecule has 176 valence electrons. The summed E-state index contributed by atoms with van der Waals surface area (Å²) >= 11 is 3.29. The number of aryl methyl sites for hydroxylation is 1. The van der Waals surface area contributed by atoms with Gasteiger partial charge in [0.15, 0.2) is 0 Å². The van der Waals surface area contributed by atoms with E-state index >= 15 is 0 Å². The Kier molecular flexibility index (Phi) is 9.98. The number of carbonyl (C=O) groups excluding carboxylic acids is 2. The molecule has 2 amide bonds. The maximum atomic E-state index is 12.5. The third-order valence-electron chi connectivity index (χ3n) is 4.77. The van der Waals surface area contributed by atoms with Crippen molar-refractivity contribution in [2.24, 2.45) is 5.84 Å². The first kappa shape index (κ1) is 26.0. The second kappa shape index (κ2) is 12.7. The average molecular weight is 519 g/mol. The van der Waals surface area contributed by atoms with Crippen molar-refractivity contribution in [3.8, 4) is 5.75 Å². The highest BCUT2D eigenvalue weighted by Crippen LogP contribution is 2.27. The number of halogens is 1. The molecule has 1 atom stereocenters. The highest BCUT2D eigenvalue weighted by Gasteiger charge is 2.18. The monoisotopic (exact) mass is 518 g/mol. The summed E-state index contributed by atoms with van der Waals surface area (Å²) in [6.07, 6.45) is 6.39. The van der Waals surface area contributed by atoms with E-state index in [9.17, 15) is 9.59 Å². The summed E-state index contributed by atoms with van der Waals surface area (Å²) in [5, 5.41) is 14.4. The molecule has 0 saturated heterocycles. The van der Waals surface area contributed by atoms with Crippen molar-refractivity contribution < 1.29 is 20.1 Å². The molecule has 0 aliphatic rings. The summed E-state index contributed by atoms with van der Waals surface area (Å²) in [6, 6.07) is 7.13. The van der Waals surface area contributed by atoms with Crippen LogP contribution in [0.2, 0.25) is 0 Å². The molecule has 1 heterocycles. The molecule has 2 rings (SSSR count). The number of nitrogens with two attached hydrogens (primary N) is 1. The van der Waals surface area contributed by atoms with Crippen LogP contribution in [-0.2, 0) is 11.2 Å². The summed E-state index contributed by atoms with van der Waals surface area (Å²) in [4.78, 5) is 28.9. The molecule has 0 saturated carbocycles. The molecular weight excluding hydrogens is 490 g/mol. The number of hydrogen-bond acceptors (Lipinski definition) is 7. The number of nitrogens with zero attached hydrogens (tertiary/aromatic N) is 2. The molecule has 0 fully saturated rings. The second-order valence-electron chi connectivity index (χ2n) is 7.06. The van der Waals surface area contributed by atoms with Gasteiger partial charge in [0.2, 0.25) is 5.70 Å². The number of methoxy groups -OCH3 is 1. The maximum absolute atomic E-state index is 12.5. The van der Waals surface area contributed by atoms with Gasteiger partial charge in [0.05, 0.1) is 30.4 Å². The fraction of sp³-hybridized carbons (Fsp3) is 0.273. The van der Waals surface area contributed by atoms with E-state index in [1.54, 1.807) is 0 Å². The largest absolute Gasteiger partial charge is 0.495 e. The van der Waals surface area contributed by atoms with Crippen molar-refractivity contribution in [3.05, 3.63) is 69.7 Å². The van der Waals surface area contributed by atoms with Crippen LogP contribution in [0.4, 0.5) is 0 Å². The molecule has 1 aromatic carbocycles. The minimum Gasteiger partial charge on any atom is -0.495 e. The lowest BCUT2D eigenvalue weighted by atomic mass is 10.0. The van der Waals surface area contributed by atoms with Crippen molar-refractivity contribution in [3.63, 3.8) is 0 Å². The number of ether oxygens (including phenoxy) is 1. The fourth-order valence-electron chi connectivity index (χ4n) is 2.93. The molecule has 11 heteroatoms. The Morgan fingerprint density at radius 1 is 1.33 bits per heavy atom. The zero-order valence-electron chi connectivity index (χ0n) is 18.6. The Morgan fingerprint density at radius 3 is 2.64 bits per heavy atom. The van der Waals surface area contributed by atoms with E-state index in [-0.39, 0.29) is 30.3 Å². The number of hydrogen-bond donors (Lipinski definition) is 5. The molecule has 1 unspecified atom stereocenters. The Bertz CT molecular complexity index is 1010. The van der Waals surface area contributed by atoms with Crippen molar-refractivity contribution >= 4 is 34.0 Å². The molecule has 0 aliphatic heterocycles. The van der Waals surface area contributed by atoms with Crippen LogP contribution in [0.15, 0.2) is 53.0 Å². The predicted octanol–water partition coefficient (Wildman–Crippen LogP) is 0.911. The topological polar surface area (TPSA) is 161 Å². The van der Waals surface area contributed by atoms with Gasteiger partial charge in [-0.25, -0.2) is 5.84 Å². The van der Waals surface area contributed by atoms with Crippen LogP contribution in [0.25, 0.3) is 0 Å². The molecule has 0 bridgehead atoms. The fourth-order valence-corrected chi connectivity index (χ4v) is 3.42. The van der Waals surface area contributed by atoms with Crippen LogP contribution in [0.1, 0.15) is 34.5 Å². The normalized spacial score (nSPS) is 12.0. The summed E-state index contributed by atoms with van der Waals surface area (Å²) in [7, 11) is 1.47. The summed E-state index contributed by atoms with van der Waals surface area (Å²) in [5.41, 5.74) is 6.13. The molecule has 8 N–H and O–H groups in total. The zero-order valence-corrected chi connectivity index (χ0v) is 20.2. The van der Waals surface area contributed by atoms with Crippen molar-refractivity contribution in [1.82, 2.24) is 20.6 Å². The van der Waals surface area contributed by atoms with Crippen LogP contribution in [0.3, 0.4) is 0 Å². The van der Waals surface area contributed by atoms with Gasteiger partial charge in [-0.1, -0.05) is 31.2 Å². The first-order valence-corrected chi connectivity index (χ1v) is 11.0. The van der Waals surface area contributed by atoms with Gasteiger partial charge in [0.25, 0.3) is 5.91 Å². The van der Waals surface area contributed by atoms with Crippen LogP contribution >= 0.6 is 15.9 Å². The smallest absolute Gasteiger partial charge is 0.307 e. The number of quaternary nitrogens is 1. The highest BCUT2D eigenvalue weighted by atomic mass is 79.9. The third kappa shape index (κ3) is 7.38. The quantitative estimate of drug-likeness (QED) is 0.128. The lowest BCUT2D eigenvalue weighted by Gasteiger charge is -2.16. The van der Waals surface area contributed by atoms with E-state index in [1.807, 2.05) is 24.3 Å². The molecule has 33 heavy (non-hydrogen) atoms. The lowest BCUT2D eigenvalue weighted by molar-refractivity contribution is -0.300. The van der Waals surface area contributed by atoms with Crippen LogP contribution in [0.5, 0.6) is 5.75 Å². The zero-order chi connectivity index (χ0) is 24.4. The summed E-state index contributed by atoms with van der Waals surface area (Å²) in [5.74, 6) is 5.48. The van der Waals surface area contributed by atoms with Crippen LogP contribution < -0.4 is 26.9 Å². The summed E-state index contributed by atoms with van der Waals surface area (Å²) in [6.45, 7) is 2.50. The van der Waals surface area contributed by atoms with Gasteiger partial charge >= 0.3 is 5.91 Å². The third-order valence-corrected chi connectivity index (χ3v) is 5.34. The van der Waals surface area contributed by atoms with Crippen molar-refractivity contribution in [2.45, 2.75) is 19.4 Å². The SMILES string of the molecule is CCc1ccc(C(C=N)NC(=O)/C([NH3+])=C/N(N)CCNC(=O)c2cncc(Br)c2OC)cc1. The van der Waals surface area contributed by atoms with Gasteiger partial charge in [-0.3, -0.25) is 14.6 Å². The Balaban J connectivity index is 1.90. The number of pyridine rings is 1. The van der Waals surface area contributed by atoms with Gasteiger partial charge in [-0.15, -0.1) is 0 Å². The second-order valence-corrected chi connectivity index (χ2v) is 7.92. The summed E-state index contributed by atoms with van der Waals surface area (Å²) < 4.78 is 5.79. The first-order chi connectivity index (χ1) is 15.8. The number of hydrazine groups is 1. The molecular formula is C22H29BrN7O3+. The van der Waals surface area contributed by atoms with E-state index in [4.69, 9.17) is 16.0 Å². The van der Waals surface area contributed by atoms with Gasteiger partial charge < -0.3 is 31.5 Å². The van der Waals surface area contributed by atoms with Gasteiger partial charge in [0.1, 0.15) is 11.3 Å². The number of amides is 2.